The number of carbonyl (C=O) groups is 2. The molecule has 7 heteroatoms. The molecule has 6 nitrogen and oxygen atoms in total. The van der Waals surface area contributed by atoms with E-state index < -0.39 is 29.7 Å². The van der Waals surface area contributed by atoms with Gasteiger partial charge in [0.1, 0.15) is 12.3 Å². The van der Waals surface area contributed by atoms with Gasteiger partial charge in [-0.2, -0.15) is 0 Å². The number of carboxylic acids is 1. The van der Waals surface area contributed by atoms with E-state index in [1.807, 2.05) is 17.5 Å². The van der Waals surface area contributed by atoms with Crippen LogP contribution >= 0.6 is 11.3 Å². The second-order valence-corrected chi connectivity index (χ2v) is 8.35. The Morgan fingerprint density at radius 1 is 1.30 bits per heavy atom. The zero-order valence-electron chi connectivity index (χ0n) is 17.6. The SMILES string of the molecule is C#CCC(CCCCCCCC)C(O)C(COC(=O)/C(N)=C\C(=O)O)c1cccs1. The topological polar surface area (TPSA) is 110 Å². The van der Waals surface area contributed by atoms with Crippen molar-refractivity contribution in [3.8, 4) is 12.3 Å². The summed E-state index contributed by atoms with van der Waals surface area (Å²) in [7, 11) is 0. The molecule has 0 aliphatic heterocycles. The maximum Gasteiger partial charge on any atom is 0.354 e. The summed E-state index contributed by atoms with van der Waals surface area (Å²) in [6.45, 7) is 2.08. The van der Waals surface area contributed by atoms with Crippen LogP contribution in [0, 0.1) is 18.3 Å². The van der Waals surface area contributed by atoms with Gasteiger partial charge in [0.2, 0.25) is 0 Å². The van der Waals surface area contributed by atoms with Crippen LogP contribution in [0.5, 0.6) is 0 Å². The highest BCUT2D eigenvalue weighted by Crippen LogP contribution is 2.32. The molecule has 0 spiro atoms. The monoisotopic (exact) mass is 435 g/mol. The lowest BCUT2D eigenvalue weighted by atomic mass is 9.84. The van der Waals surface area contributed by atoms with Gasteiger partial charge in [-0.25, -0.2) is 9.59 Å². The molecule has 3 atom stereocenters. The van der Waals surface area contributed by atoms with E-state index in [0.29, 0.717) is 12.5 Å². The fourth-order valence-electron chi connectivity index (χ4n) is 3.35. The van der Waals surface area contributed by atoms with Crippen molar-refractivity contribution in [3.05, 3.63) is 34.2 Å². The lowest BCUT2D eigenvalue weighted by Gasteiger charge is -2.28. The molecule has 1 rings (SSSR count). The predicted molar refractivity (Wildman–Crippen MR) is 119 cm³/mol. The normalized spacial score (nSPS) is 14.5. The Hall–Kier alpha value is -2.30. The van der Waals surface area contributed by atoms with Gasteiger partial charge in [0.15, 0.2) is 0 Å². The maximum absolute atomic E-state index is 12.0. The lowest BCUT2D eigenvalue weighted by Crippen LogP contribution is -2.31. The van der Waals surface area contributed by atoms with Gasteiger partial charge in [0.05, 0.1) is 18.1 Å². The van der Waals surface area contributed by atoms with Crippen LogP contribution in [-0.4, -0.2) is 34.9 Å². The summed E-state index contributed by atoms with van der Waals surface area (Å²) in [5.41, 5.74) is 4.95. The van der Waals surface area contributed by atoms with Crippen molar-refractivity contribution >= 4 is 23.3 Å². The van der Waals surface area contributed by atoms with Crippen LogP contribution in [0.25, 0.3) is 0 Å². The summed E-state index contributed by atoms with van der Waals surface area (Å²) in [4.78, 5) is 23.5. The van der Waals surface area contributed by atoms with Gasteiger partial charge in [-0.3, -0.25) is 0 Å². The molecule has 0 fully saturated rings. The molecule has 0 aliphatic rings. The highest BCUT2D eigenvalue weighted by molar-refractivity contribution is 7.10. The first-order chi connectivity index (χ1) is 14.4. The first-order valence-corrected chi connectivity index (χ1v) is 11.3. The van der Waals surface area contributed by atoms with E-state index in [4.69, 9.17) is 22.0 Å². The Labute approximate surface area is 183 Å². The Morgan fingerprint density at radius 2 is 2.00 bits per heavy atom. The van der Waals surface area contributed by atoms with E-state index in [2.05, 4.69) is 12.8 Å². The van der Waals surface area contributed by atoms with Crippen molar-refractivity contribution in [2.75, 3.05) is 6.61 Å². The summed E-state index contributed by atoms with van der Waals surface area (Å²) < 4.78 is 5.21. The maximum atomic E-state index is 12.0. The summed E-state index contributed by atoms with van der Waals surface area (Å²) in [5, 5.41) is 21.7. The molecular weight excluding hydrogens is 402 g/mol. The van der Waals surface area contributed by atoms with Gasteiger partial charge >= 0.3 is 11.9 Å². The smallest absolute Gasteiger partial charge is 0.354 e. The molecule has 0 aliphatic carbocycles. The van der Waals surface area contributed by atoms with Crippen molar-refractivity contribution in [1.82, 2.24) is 0 Å². The number of aliphatic hydroxyl groups excluding tert-OH is 1. The summed E-state index contributed by atoms with van der Waals surface area (Å²) >= 11 is 1.46. The Kier molecular flexibility index (Phi) is 12.6. The van der Waals surface area contributed by atoms with E-state index in [-0.39, 0.29) is 12.5 Å². The molecule has 4 N–H and O–H groups in total. The minimum atomic E-state index is -1.33. The van der Waals surface area contributed by atoms with Crippen LogP contribution in [0.2, 0.25) is 0 Å². The summed E-state index contributed by atoms with van der Waals surface area (Å²) in [6, 6.07) is 3.74. The molecule has 0 saturated carbocycles. The molecule has 1 aromatic rings. The van der Waals surface area contributed by atoms with E-state index in [1.165, 1.54) is 37.0 Å². The number of thiophene rings is 1. The van der Waals surface area contributed by atoms with Gasteiger partial charge in [0.25, 0.3) is 0 Å². The molecule has 166 valence electrons. The summed E-state index contributed by atoms with van der Waals surface area (Å²) in [6.07, 6.45) is 13.5. The van der Waals surface area contributed by atoms with Crippen LogP contribution in [0.1, 0.15) is 69.1 Å². The number of esters is 1. The van der Waals surface area contributed by atoms with Gasteiger partial charge in [-0.15, -0.1) is 23.7 Å². The van der Waals surface area contributed by atoms with E-state index in [0.717, 1.165) is 24.1 Å². The average Bonchev–Trinajstić information content (AvgIpc) is 3.23. The second kappa shape index (κ2) is 14.6. The average molecular weight is 436 g/mol. The van der Waals surface area contributed by atoms with Crippen molar-refractivity contribution < 1.29 is 24.5 Å². The van der Waals surface area contributed by atoms with Crippen molar-refractivity contribution in [2.24, 2.45) is 11.7 Å². The lowest BCUT2D eigenvalue weighted by molar-refractivity contribution is -0.141. The van der Waals surface area contributed by atoms with Crippen LogP contribution in [0.3, 0.4) is 0 Å². The molecule has 0 radical (unpaired) electrons. The van der Waals surface area contributed by atoms with Crippen LogP contribution in [0.4, 0.5) is 0 Å². The number of aliphatic hydroxyl groups is 1. The number of rotatable bonds is 15. The first kappa shape index (κ1) is 25.7. The Bertz CT molecular complexity index is 708. The fraction of sp³-hybridized carbons (Fsp3) is 0.565. The number of carbonyl (C=O) groups excluding carboxylic acids is 1. The van der Waals surface area contributed by atoms with Gasteiger partial charge in [-0.1, -0.05) is 51.5 Å². The van der Waals surface area contributed by atoms with Crippen molar-refractivity contribution in [2.45, 2.75) is 70.3 Å². The highest BCUT2D eigenvalue weighted by Gasteiger charge is 2.30. The van der Waals surface area contributed by atoms with E-state index >= 15 is 0 Å². The summed E-state index contributed by atoms with van der Waals surface area (Å²) in [5.74, 6) is -0.157. The predicted octanol–water partition coefficient (Wildman–Crippen LogP) is 4.05. The number of nitrogens with two attached hydrogens (primary N) is 1. The molecule has 30 heavy (non-hydrogen) atoms. The number of hydrogen-bond donors (Lipinski definition) is 3. The standard InChI is InChI=1S/C23H33NO5S/c1-3-5-6-7-8-9-12-17(11-4-2)22(27)18(20-13-10-14-30-20)16-29-23(28)19(24)15-21(25)26/h2,10,13-15,17-18,22,27H,3,5-9,11-12,16,24H2,1H3,(H,25,26)/b19-15+. The van der Waals surface area contributed by atoms with E-state index in [1.54, 1.807) is 0 Å². The molecule has 0 saturated heterocycles. The minimum Gasteiger partial charge on any atom is -0.478 e. The molecular formula is C23H33NO5S. The number of unbranched alkanes of at least 4 members (excludes halogenated alkanes) is 5. The third kappa shape index (κ3) is 9.47. The zero-order valence-corrected chi connectivity index (χ0v) is 18.4. The number of ether oxygens (including phenoxy) is 1. The largest absolute Gasteiger partial charge is 0.478 e. The van der Waals surface area contributed by atoms with Crippen LogP contribution in [0.15, 0.2) is 29.3 Å². The Morgan fingerprint density at radius 3 is 2.60 bits per heavy atom. The van der Waals surface area contributed by atoms with Crippen molar-refractivity contribution in [1.29, 1.82) is 0 Å². The van der Waals surface area contributed by atoms with Crippen LogP contribution in [-0.2, 0) is 14.3 Å². The second-order valence-electron chi connectivity index (χ2n) is 7.37. The highest BCUT2D eigenvalue weighted by atomic mass is 32.1. The van der Waals surface area contributed by atoms with E-state index in [9.17, 15) is 14.7 Å². The quantitative estimate of drug-likeness (QED) is 0.166. The zero-order chi connectivity index (χ0) is 22.4. The number of aliphatic carboxylic acids is 1. The molecule has 0 aromatic carbocycles. The molecule has 0 bridgehead atoms. The van der Waals surface area contributed by atoms with Gasteiger partial charge in [0, 0.05) is 11.3 Å². The minimum absolute atomic E-state index is 0.105. The first-order valence-electron chi connectivity index (χ1n) is 10.4. The molecule has 1 heterocycles. The van der Waals surface area contributed by atoms with Gasteiger partial charge < -0.3 is 20.7 Å². The molecule has 0 amide bonds. The fourth-order valence-corrected chi connectivity index (χ4v) is 4.21. The molecule has 3 unspecified atom stereocenters. The third-order valence-corrected chi connectivity index (χ3v) is 6.03. The van der Waals surface area contributed by atoms with Crippen LogP contribution < -0.4 is 5.73 Å². The molecule has 1 aromatic heterocycles. The number of hydrogen-bond acceptors (Lipinski definition) is 6. The Balaban J connectivity index is 2.78. The number of carboxylic acid groups (broad SMARTS) is 1. The third-order valence-electron chi connectivity index (χ3n) is 5.02. The number of terminal acetylenes is 1. The van der Waals surface area contributed by atoms with Crippen molar-refractivity contribution in [3.63, 3.8) is 0 Å². The van der Waals surface area contributed by atoms with Gasteiger partial charge in [-0.05, 0) is 23.8 Å².